The van der Waals surface area contributed by atoms with E-state index in [2.05, 4.69) is 4.98 Å². The van der Waals surface area contributed by atoms with Crippen LogP contribution in [0.4, 0.5) is 0 Å². The summed E-state index contributed by atoms with van der Waals surface area (Å²) in [5, 5.41) is 10.2. The molecule has 1 aliphatic rings. The molecule has 1 atom stereocenters. The predicted octanol–water partition coefficient (Wildman–Crippen LogP) is 2.61. The van der Waals surface area contributed by atoms with Crippen LogP contribution in [0, 0.1) is 18.3 Å². The Bertz CT molecular complexity index is 989. The molecule has 8 heteroatoms. The molecule has 0 spiro atoms. The number of fused-ring (bicyclic) bond motifs is 1. The molecule has 6 nitrogen and oxygen atoms in total. The molecule has 0 saturated heterocycles. The van der Waals surface area contributed by atoms with E-state index in [-0.39, 0.29) is 28.5 Å². The second-order valence-electron chi connectivity index (χ2n) is 5.34. The molecular formula is C16H12Cl2N4O2. The summed E-state index contributed by atoms with van der Waals surface area (Å²) >= 11 is 12.1. The molecular weight excluding hydrogens is 351 g/mol. The van der Waals surface area contributed by atoms with Crippen molar-refractivity contribution in [2.24, 2.45) is 12.8 Å². The first kappa shape index (κ1) is 16.4. The second-order valence-corrected chi connectivity index (χ2v) is 6.15. The highest BCUT2D eigenvalue weighted by atomic mass is 35.5. The number of aromatic nitrogens is 2. The number of nitriles is 1. The van der Waals surface area contributed by atoms with Crippen molar-refractivity contribution in [2.75, 3.05) is 0 Å². The van der Waals surface area contributed by atoms with Crippen LogP contribution in [0.5, 0.6) is 5.88 Å². The van der Waals surface area contributed by atoms with Gasteiger partial charge in [0.25, 0.3) is 5.56 Å². The first-order chi connectivity index (χ1) is 11.3. The van der Waals surface area contributed by atoms with Gasteiger partial charge in [0.05, 0.1) is 21.5 Å². The number of hydrogen-bond acceptors (Lipinski definition) is 5. The lowest BCUT2D eigenvalue weighted by atomic mass is 9.85. The van der Waals surface area contributed by atoms with Gasteiger partial charge < -0.3 is 10.5 Å². The molecule has 1 unspecified atom stereocenters. The fourth-order valence-corrected chi connectivity index (χ4v) is 2.92. The van der Waals surface area contributed by atoms with E-state index >= 15 is 0 Å². The quantitative estimate of drug-likeness (QED) is 0.841. The van der Waals surface area contributed by atoms with Gasteiger partial charge in [0, 0.05) is 7.05 Å². The molecule has 24 heavy (non-hydrogen) atoms. The minimum atomic E-state index is -0.722. The Hall–Kier alpha value is -2.49. The van der Waals surface area contributed by atoms with E-state index in [1.54, 1.807) is 32.2 Å². The molecule has 0 aliphatic carbocycles. The first-order valence-electron chi connectivity index (χ1n) is 6.95. The molecule has 2 aromatic rings. The average Bonchev–Trinajstić information content (AvgIpc) is 2.54. The van der Waals surface area contributed by atoms with Crippen molar-refractivity contribution in [3.63, 3.8) is 0 Å². The average molecular weight is 363 g/mol. The number of allylic oxidation sites excluding steroid dienone is 1. The van der Waals surface area contributed by atoms with Gasteiger partial charge in [-0.2, -0.15) is 10.2 Å². The molecule has 1 aliphatic heterocycles. The third-order valence-corrected chi connectivity index (χ3v) is 4.70. The van der Waals surface area contributed by atoms with Crippen LogP contribution >= 0.6 is 23.2 Å². The van der Waals surface area contributed by atoms with Gasteiger partial charge in [-0.15, -0.1) is 0 Å². The Labute approximate surface area is 147 Å². The highest BCUT2D eigenvalue weighted by molar-refractivity contribution is 6.42. The molecule has 2 heterocycles. The summed E-state index contributed by atoms with van der Waals surface area (Å²) < 4.78 is 6.80. The normalized spacial score (nSPS) is 16.4. The number of nitrogens with zero attached hydrogens (tertiary/aromatic N) is 3. The van der Waals surface area contributed by atoms with Gasteiger partial charge in [-0.3, -0.25) is 9.36 Å². The molecule has 2 N–H and O–H groups in total. The van der Waals surface area contributed by atoms with Crippen LogP contribution < -0.4 is 16.0 Å². The number of halogens is 2. The van der Waals surface area contributed by atoms with Gasteiger partial charge in [0.1, 0.15) is 17.5 Å². The van der Waals surface area contributed by atoms with Crippen LogP contribution in [0.3, 0.4) is 0 Å². The molecule has 0 amide bonds. The van der Waals surface area contributed by atoms with E-state index in [9.17, 15) is 10.1 Å². The maximum atomic E-state index is 12.7. The van der Waals surface area contributed by atoms with Crippen LogP contribution in [0.15, 0.2) is 34.4 Å². The van der Waals surface area contributed by atoms with E-state index in [4.69, 9.17) is 33.7 Å². The van der Waals surface area contributed by atoms with E-state index in [1.807, 2.05) is 6.07 Å². The lowest BCUT2D eigenvalue weighted by Crippen LogP contribution is -2.32. The number of rotatable bonds is 1. The van der Waals surface area contributed by atoms with Crippen molar-refractivity contribution < 1.29 is 4.74 Å². The largest absolute Gasteiger partial charge is 0.422 e. The number of nitrogens with two attached hydrogens (primary N) is 1. The van der Waals surface area contributed by atoms with Gasteiger partial charge in [0.2, 0.25) is 11.8 Å². The fraction of sp³-hybridized carbons (Fsp3) is 0.188. The summed E-state index contributed by atoms with van der Waals surface area (Å²) in [6, 6.07) is 6.92. The standard InChI is InChI=1S/C16H12Cl2N4O2/c1-7-21-15-13(16(23)22(7)2)12(9(6-19)14(20)24-15)8-3-4-10(17)11(18)5-8/h3-5,12H,20H2,1-2H3. The summed E-state index contributed by atoms with van der Waals surface area (Å²) in [4.78, 5) is 17.0. The van der Waals surface area contributed by atoms with Crippen molar-refractivity contribution in [2.45, 2.75) is 12.8 Å². The fourth-order valence-electron chi connectivity index (χ4n) is 2.62. The van der Waals surface area contributed by atoms with Crippen LogP contribution in [0.2, 0.25) is 10.0 Å². The van der Waals surface area contributed by atoms with Gasteiger partial charge in [-0.05, 0) is 24.6 Å². The Kier molecular flexibility index (Phi) is 3.99. The van der Waals surface area contributed by atoms with E-state index in [0.717, 1.165) is 0 Å². The monoisotopic (exact) mass is 362 g/mol. The summed E-state index contributed by atoms with van der Waals surface area (Å²) in [6.45, 7) is 1.68. The summed E-state index contributed by atoms with van der Waals surface area (Å²) in [6.07, 6.45) is 0. The Morgan fingerprint density at radius 2 is 2.08 bits per heavy atom. The van der Waals surface area contributed by atoms with Gasteiger partial charge >= 0.3 is 0 Å². The highest BCUT2D eigenvalue weighted by Crippen LogP contribution is 2.40. The predicted molar refractivity (Wildman–Crippen MR) is 90.0 cm³/mol. The van der Waals surface area contributed by atoms with E-state index < -0.39 is 5.92 Å². The third-order valence-electron chi connectivity index (χ3n) is 3.96. The number of aryl methyl sites for hydroxylation is 1. The molecule has 0 saturated carbocycles. The Morgan fingerprint density at radius 3 is 2.71 bits per heavy atom. The molecule has 0 bridgehead atoms. The number of benzene rings is 1. The van der Waals surface area contributed by atoms with Gasteiger partial charge in [-0.1, -0.05) is 29.3 Å². The minimum absolute atomic E-state index is 0.0822. The van der Waals surface area contributed by atoms with Crippen molar-refractivity contribution in [1.82, 2.24) is 9.55 Å². The van der Waals surface area contributed by atoms with Crippen LogP contribution in [-0.4, -0.2) is 9.55 Å². The lowest BCUT2D eigenvalue weighted by molar-refractivity contribution is 0.371. The molecule has 122 valence electrons. The number of hydrogen-bond donors (Lipinski definition) is 1. The van der Waals surface area contributed by atoms with Gasteiger partial charge in [-0.25, -0.2) is 0 Å². The number of ether oxygens (including phenoxy) is 1. The smallest absolute Gasteiger partial charge is 0.261 e. The molecule has 1 aromatic carbocycles. The molecule has 3 rings (SSSR count). The lowest BCUT2D eigenvalue weighted by Gasteiger charge is -2.26. The topological polar surface area (TPSA) is 93.9 Å². The second kappa shape index (κ2) is 5.86. The van der Waals surface area contributed by atoms with Crippen molar-refractivity contribution >= 4 is 23.2 Å². The van der Waals surface area contributed by atoms with Crippen LogP contribution in [0.25, 0.3) is 0 Å². The zero-order valence-electron chi connectivity index (χ0n) is 12.8. The van der Waals surface area contributed by atoms with Crippen LogP contribution in [0.1, 0.15) is 22.9 Å². The summed E-state index contributed by atoms with van der Waals surface area (Å²) in [7, 11) is 1.60. The maximum Gasteiger partial charge on any atom is 0.261 e. The zero-order chi connectivity index (χ0) is 17.6. The highest BCUT2D eigenvalue weighted by Gasteiger charge is 2.35. The Morgan fingerprint density at radius 1 is 1.38 bits per heavy atom. The molecule has 1 aromatic heterocycles. The Balaban J connectivity index is 2.35. The van der Waals surface area contributed by atoms with E-state index in [1.165, 1.54) is 4.57 Å². The minimum Gasteiger partial charge on any atom is -0.422 e. The van der Waals surface area contributed by atoms with Crippen molar-refractivity contribution in [3.05, 3.63) is 67.0 Å². The van der Waals surface area contributed by atoms with E-state index in [0.29, 0.717) is 21.4 Å². The first-order valence-corrected chi connectivity index (χ1v) is 7.70. The summed E-state index contributed by atoms with van der Waals surface area (Å²) in [5.74, 6) is -0.232. The van der Waals surface area contributed by atoms with Crippen molar-refractivity contribution in [1.29, 1.82) is 5.26 Å². The van der Waals surface area contributed by atoms with Crippen LogP contribution in [-0.2, 0) is 7.05 Å². The SMILES string of the molecule is Cc1nc2c(c(=O)n1C)C(c1ccc(Cl)c(Cl)c1)C(C#N)=C(N)O2. The summed E-state index contributed by atoms with van der Waals surface area (Å²) in [5.41, 5.74) is 6.53. The van der Waals surface area contributed by atoms with Gasteiger partial charge in [0.15, 0.2) is 0 Å². The van der Waals surface area contributed by atoms with Crippen molar-refractivity contribution in [3.8, 4) is 11.9 Å². The maximum absolute atomic E-state index is 12.7. The molecule has 0 fully saturated rings. The zero-order valence-corrected chi connectivity index (χ0v) is 14.3. The molecule has 0 radical (unpaired) electrons. The third kappa shape index (κ3) is 2.42.